The van der Waals surface area contributed by atoms with Crippen LogP contribution in [0.25, 0.3) is 11.1 Å². The Bertz CT molecular complexity index is 526. The number of aryl methyl sites for hydroxylation is 2. The molecular formula is C12H12N2O. The number of rotatable bonds is 1. The lowest BCUT2D eigenvalue weighted by Crippen LogP contribution is -2.07. The van der Waals surface area contributed by atoms with Gasteiger partial charge in [0.2, 0.25) is 0 Å². The van der Waals surface area contributed by atoms with Gasteiger partial charge in [-0.1, -0.05) is 6.07 Å². The third-order valence-corrected chi connectivity index (χ3v) is 2.33. The van der Waals surface area contributed by atoms with Gasteiger partial charge in [-0.2, -0.15) is 0 Å². The fourth-order valence-corrected chi connectivity index (χ4v) is 1.40. The number of aromatic amines is 1. The summed E-state index contributed by atoms with van der Waals surface area (Å²) in [6.45, 7) is 3.74. The van der Waals surface area contributed by atoms with E-state index in [0.29, 0.717) is 5.56 Å². The Labute approximate surface area is 87.8 Å². The number of H-pyrrole nitrogens is 1. The van der Waals surface area contributed by atoms with E-state index in [0.717, 1.165) is 16.8 Å². The number of aromatic nitrogens is 2. The van der Waals surface area contributed by atoms with Crippen molar-refractivity contribution in [3.05, 3.63) is 52.2 Å². The van der Waals surface area contributed by atoms with Crippen LogP contribution in [-0.2, 0) is 0 Å². The van der Waals surface area contributed by atoms with Gasteiger partial charge in [-0.05, 0) is 31.5 Å². The van der Waals surface area contributed by atoms with Crippen molar-refractivity contribution in [1.82, 2.24) is 9.97 Å². The van der Waals surface area contributed by atoms with Gasteiger partial charge in [0, 0.05) is 29.2 Å². The highest BCUT2D eigenvalue weighted by molar-refractivity contribution is 5.61. The standard InChI is InChI=1S/C12H12N2O/c1-8-5-11(7-14-12(8)15)10-4-3-9(2)13-6-10/h3-7H,1-2H3,(H,14,15). The fourth-order valence-electron chi connectivity index (χ4n) is 1.40. The number of hydrogen-bond acceptors (Lipinski definition) is 2. The molecule has 0 fully saturated rings. The number of pyridine rings is 2. The Morgan fingerprint density at radius 2 is 2.00 bits per heavy atom. The second-order valence-corrected chi connectivity index (χ2v) is 3.59. The largest absolute Gasteiger partial charge is 0.328 e. The van der Waals surface area contributed by atoms with Gasteiger partial charge < -0.3 is 4.98 Å². The minimum Gasteiger partial charge on any atom is -0.328 e. The highest BCUT2D eigenvalue weighted by atomic mass is 16.1. The molecule has 0 unspecified atom stereocenters. The summed E-state index contributed by atoms with van der Waals surface area (Å²) in [7, 11) is 0. The maximum atomic E-state index is 11.2. The molecule has 0 bridgehead atoms. The van der Waals surface area contributed by atoms with Crippen molar-refractivity contribution in [2.75, 3.05) is 0 Å². The van der Waals surface area contributed by atoms with Crippen molar-refractivity contribution in [2.45, 2.75) is 13.8 Å². The molecule has 0 saturated carbocycles. The van der Waals surface area contributed by atoms with Crippen molar-refractivity contribution < 1.29 is 0 Å². The first-order chi connectivity index (χ1) is 7.16. The molecule has 0 aromatic carbocycles. The number of nitrogens with one attached hydrogen (secondary N) is 1. The average Bonchev–Trinajstić information content (AvgIpc) is 2.23. The van der Waals surface area contributed by atoms with Gasteiger partial charge in [0.25, 0.3) is 5.56 Å². The lowest BCUT2D eigenvalue weighted by atomic mass is 10.1. The topological polar surface area (TPSA) is 45.8 Å². The smallest absolute Gasteiger partial charge is 0.250 e. The fraction of sp³-hybridized carbons (Fsp3) is 0.167. The van der Waals surface area contributed by atoms with Crippen LogP contribution in [0.15, 0.2) is 35.4 Å². The summed E-state index contributed by atoms with van der Waals surface area (Å²) >= 11 is 0. The monoisotopic (exact) mass is 200 g/mol. The summed E-state index contributed by atoms with van der Waals surface area (Å²) in [5.74, 6) is 0. The molecule has 3 nitrogen and oxygen atoms in total. The zero-order valence-corrected chi connectivity index (χ0v) is 8.74. The minimum atomic E-state index is -0.0428. The molecule has 0 aliphatic rings. The maximum Gasteiger partial charge on any atom is 0.250 e. The van der Waals surface area contributed by atoms with Crippen LogP contribution in [0.5, 0.6) is 0 Å². The van der Waals surface area contributed by atoms with E-state index in [4.69, 9.17) is 0 Å². The molecule has 2 rings (SSSR count). The van der Waals surface area contributed by atoms with Crippen molar-refractivity contribution >= 4 is 0 Å². The van der Waals surface area contributed by atoms with Crippen molar-refractivity contribution in [1.29, 1.82) is 0 Å². The Morgan fingerprint density at radius 1 is 1.20 bits per heavy atom. The van der Waals surface area contributed by atoms with Crippen LogP contribution in [-0.4, -0.2) is 9.97 Å². The minimum absolute atomic E-state index is 0.0428. The summed E-state index contributed by atoms with van der Waals surface area (Å²) in [5, 5.41) is 0. The van der Waals surface area contributed by atoms with Crippen LogP contribution < -0.4 is 5.56 Å². The Kier molecular flexibility index (Phi) is 2.37. The molecule has 2 aromatic rings. The first kappa shape index (κ1) is 9.65. The van der Waals surface area contributed by atoms with Gasteiger partial charge in [0.05, 0.1) is 0 Å². The molecule has 2 aromatic heterocycles. The van der Waals surface area contributed by atoms with E-state index in [9.17, 15) is 4.79 Å². The number of nitrogens with zero attached hydrogens (tertiary/aromatic N) is 1. The third kappa shape index (κ3) is 1.96. The van der Waals surface area contributed by atoms with Gasteiger partial charge in [-0.15, -0.1) is 0 Å². The molecule has 2 heterocycles. The molecule has 0 amide bonds. The van der Waals surface area contributed by atoms with E-state index >= 15 is 0 Å². The van der Waals surface area contributed by atoms with E-state index in [2.05, 4.69) is 9.97 Å². The average molecular weight is 200 g/mol. The molecule has 0 spiro atoms. The van der Waals surface area contributed by atoms with Crippen LogP contribution >= 0.6 is 0 Å². The van der Waals surface area contributed by atoms with E-state index in [1.807, 2.05) is 31.3 Å². The van der Waals surface area contributed by atoms with Crippen molar-refractivity contribution in [2.24, 2.45) is 0 Å². The summed E-state index contributed by atoms with van der Waals surface area (Å²) in [6, 6.07) is 5.82. The SMILES string of the molecule is Cc1ccc(-c2c[nH]c(=O)c(C)c2)cn1. The first-order valence-corrected chi connectivity index (χ1v) is 4.79. The Hall–Kier alpha value is -1.90. The van der Waals surface area contributed by atoms with Crippen LogP contribution in [0, 0.1) is 13.8 Å². The second-order valence-electron chi connectivity index (χ2n) is 3.59. The second kappa shape index (κ2) is 3.69. The first-order valence-electron chi connectivity index (χ1n) is 4.79. The molecule has 3 heteroatoms. The highest BCUT2D eigenvalue weighted by Crippen LogP contribution is 2.16. The summed E-state index contributed by atoms with van der Waals surface area (Å²) in [6.07, 6.45) is 3.52. The molecule has 15 heavy (non-hydrogen) atoms. The van der Waals surface area contributed by atoms with Gasteiger partial charge in [-0.25, -0.2) is 0 Å². The molecule has 0 aliphatic heterocycles. The van der Waals surface area contributed by atoms with E-state index in [1.165, 1.54) is 0 Å². The lowest BCUT2D eigenvalue weighted by molar-refractivity contribution is 1.17. The molecule has 1 N–H and O–H groups in total. The molecule has 0 saturated heterocycles. The summed E-state index contributed by atoms with van der Waals surface area (Å²) in [4.78, 5) is 18.1. The van der Waals surface area contributed by atoms with Gasteiger partial charge in [0.15, 0.2) is 0 Å². The maximum absolute atomic E-state index is 11.2. The normalized spacial score (nSPS) is 10.3. The van der Waals surface area contributed by atoms with E-state index < -0.39 is 0 Å². The number of hydrogen-bond donors (Lipinski definition) is 1. The zero-order chi connectivity index (χ0) is 10.8. The van der Waals surface area contributed by atoms with E-state index in [-0.39, 0.29) is 5.56 Å². The lowest BCUT2D eigenvalue weighted by Gasteiger charge is -2.02. The Balaban J connectivity index is 2.50. The molecule has 0 radical (unpaired) electrons. The molecule has 0 aliphatic carbocycles. The summed E-state index contributed by atoms with van der Waals surface area (Å²) < 4.78 is 0. The van der Waals surface area contributed by atoms with Gasteiger partial charge in [-0.3, -0.25) is 9.78 Å². The van der Waals surface area contributed by atoms with Crippen molar-refractivity contribution in [3.63, 3.8) is 0 Å². The molecular weight excluding hydrogens is 188 g/mol. The molecule has 0 atom stereocenters. The van der Waals surface area contributed by atoms with Gasteiger partial charge in [0.1, 0.15) is 0 Å². The molecule has 76 valence electrons. The highest BCUT2D eigenvalue weighted by Gasteiger charge is 2.00. The van der Waals surface area contributed by atoms with Crippen LogP contribution in [0.2, 0.25) is 0 Å². The third-order valence-electron chi connectivity index (χ3n) is 2.33. The van der Waals surface area contributed by atoms with E-state index in [1.54, 1.807) is 13.1 Å². The van der Waals surface area contributed by atoms with Gasteiger partial charge >= 0.3 is 0 Å². The van der Waals surface area contributed by atoms with Crippen molar-refractivity contribution in [3.8, 4) is 11.1 Å². The quantitative estimate of drug-likeness (QED) is 0.765. The Morgan fingerprint density at radius 3 is 2.60 bits per heavy atom. The predicted molar refractivity (Wildman–Crippen MR) is 59.8 cm³/mol. The summed E-state index contributed by atoms with van der Waals surface area (Å²) in [5.41, 5.74) is 3.66. The van der Waals surface area contributed by atoms with Crippen LogP contribution in [0.3, 0.4) is 0 Å². The predicted octanol–water partition coefficient (Wildman–Crippen LogP) is 2.05. The van der Waals surface area contributed by atoms with Crippen LogP contribution in [0.1, 0.15) is 11.3 Å². The zero-order valence-electron chi connectivity index (χ0n) is 8.74. The van der Waals surface area contributed by atoms with Crippen LogP contribution in [0.4, 0.5) is 0 Å².